The molecule has 1 rings (SSSR count). The summed E-state index contributed by atoms with van der Waals surface area (Å²) in [4.78, 5) is 0. The molecule has 0 radical (unpaired) electrons. The summed E-state index contributed by atoms with van der Waals surface area (Å²) < 4.78 is 5.00. The molecular weight excluding hydrogens is 100 g/mol. The molecular formula is C7H10O. The molecule has 0 bridgehead atoms. The van der Waals surface area contributed by atoms with Crippen molar-refractivity contribution in [2.45, 2.75) is 13.3 Å². The van der Waals surface area contributed by atoms with E-state index in [4.69, 9.17) is 4.74 Å². The van der Waals surface area contributed by atoms with Crippen LogP contribution in [0.5, 0.6) is 0 Å². The van der Waals surface area contributed by atoms with Crippen LogP contribution in [0.3, 0.4) is 0 Å². The molecule has 1 nitrogen and oxygen atoms in total. The van der Waals surface area contributed by atoms with E-state index in [1.165, 1.54) is 5.57 Å². The summed E-state index contributed by atoms with van der Waals surface area (Å²) in [5.41, 5.74) is 1.30. The first-order valence-electron chi connectivity index (χ1n) is 2.87. The lowest BCUT2D eigenvalue weighted by molar-refractivity contribution is 0.281. The van der Waals surface area contributed by atoms with E-state index in [2.05, 4.69) is 6.08 Å². The van der Waals surface area contributed by atoms with Gasteiger partial charge in [0.05, 0.1) is 12.9 Å². The molecule has 44 valence electrons. The van der Waals surface area contributed by atoms with Gasteiger partial charge in [-0.2, -0.15) is 0 Å². The van der Waals surface area contributed by atoms with E-state index in [1.807, 2.05) is 19.3 Å². The molecule has 1 aliphatic rings. The lowest BCUT2D eigenvalue weighted by Crippen LogP contribution is -1.74. The van der Waals surface area contributed by atoms with Crippen molar-refractivity contribution in [3.8, 4) is 0 Å². The maximum Gasteiger partial charge on any atom is 0.0914 e. The minimum Gasteiger partial charge on any atom is -0.501 e. The molecule has 0 unspecified atom stereocenters. The molecule has 0 saturated carbocycles. The van der Waals surface area contributed by atoms with E-state index in [-0.39, 0.29) is 0 Å². The summed E-state index contributed by atoms with van der Waals surface area (Å²) >= 11 is 0. The first-order chi connectivity index (χ1) is 3.93. The smallest absolute Gasteiger partial charge is 0.0914 e. The van der Waals surface area contributed by atoms with Crippen LogP contribution in [0.25, 0.3) is 0 Å². The summed E-state index contributed by atoms with van der Waals surface area (Å²) in [6.07, 6.45) is 7.00. The highest BCUT2D eigenvalue weighted by Crippen LogP contribution is 2.10. The van der Waals surface area contributed by atoms with Crippen molar-refractivity contribution < 1.29 is 4.74 Å². The molecule has 0 aliphatic carbocycles. The Morgan fingerprint density at radius 3 is 3.12 bits per heavy atom. The van der Waals surface area contributed by atoms with E-state index < -0.39 is 0 Å². The minimum atomic E-state index is 0.861. The average molecular weight is 110 g/mol. The van der Waals surface area contributed by atoms with Gasteiger partial charge in [0.25, 0.3) is 0 Å². The molecule has 0 aromatic carbocycles. The van der Waals surface area contributed by atoms with Crippen LogP contribution in [0.15, 0.2) is 24.0 Å². The first-order valence-corrected chi connectivity index (χ1v) is 2.87. The third-order valence-electron chi connectivity index (χ3n) is 1.12. The zero-order chi connectivity index (χ0) is 5.82. The topological polar surface area (TPSA) is 9.23 Å². The van der Waals surface area contributed by atoms with Crippen molar-refractivity contribution in [3.63, 3.8) is 0 Å². The van der Waals surface area contributed by atoms with Crippen molar-refractivity contribution in [1.82, 2.24) is 0 Å². The zero-order valence-electron chi connectivity index (χ0n) is 5.05. The molecule has 0 saturated heterocycles. The van der Waals surface area contributed by atoms with Gasteiger partial charge in [-0.25, -0.2) is 0 Å². The van der Waals surface area contributed by atoms with E-state index in [1.54, 1.807) is 0 Å². The van der Waals surface area contributed by atoms with Crippen molar-refractivity contribution in [2.75, 3.05) is 6.61 Å². The van der Waals surface area contributed by atoms with Gasteiger partial charge >= 0.3 is 0 Å². The molecule has 0 atom stereocenters. The summed E-state index contributed by atoms with van der Waals surface area (Å²) in [5, 5.41) is 0. The van der Waals surface area contributed by atoms with Crippen molar-refractivity contribution in [3.05, 3.63) is 24.0 Å². The summed E-state index contributed by atoms with van der Waals surface area (Å²) in [7, 11) is 0. The molecule has 0 fully saturated rings. The lowest BCUT2D eigenvalue weighted by Gasteiger charge is -1.81. The second-order valence-corrected chi connectivity index (χ2v) is 1.81. The van der Waals surface area contributed by atoms with Gasteiger partial charge in [0.1, 0.15) is 0 Å². The van der Waals surface area contributed by atoms with Crippen LogP contribution in [0.4, 0.5) is 0 Å². The maximum atomic E-state index is 5.00. The highest BCUT2D eigenvalue weighted by Gasteiger charge is 1.98. The van der Waals surface area contributed by atoms with E-state index in [0.717, 1.165) is 13.0 Å². The number of allylic oxidation sites excluding steroid dienone is 2. The molecule has 1 heteroatoms. The predicted molar refractivity (Wildman–Crippen MR) is 33.5 cm³/mol. The Morgan fingerprint density at radius 1 is 1.75 bits per heavy atom. The van der Waals surface area contributed by atoms with Crippen LogP contribution in [0, 0.1) is 0 Å². The molecule has 0 N–H and O–H groups in total. The van der Waals surface area contributed by atoms with Crippen LogP contribution in [0.1, 0.15) is 13.3 Å². The molecule has 8 heavy (non-hydrogen) atoms. The van der Waals surface area contributed by atoms with Crippen LogP contribution < -0.4 is 0 Å². The second kappa shape index (κ2) is 2.55. The Morgan fingerprint density at radius 2 is 2.62 bits per heavy atom. The fraction of sp³-hybridized carbons (Fsp3) is 0.429. The Bertz CT molecular complexity index is 122. The average Bonchev–Trinajstić information content (AvgIpc) is 2.19. The van der Waals surface area contributed by atoms with Gasteiger partial charge in [-0.05, 0) is 12.5 Å². The van der Waals surface area contributed by atoms with Crippen molar-refractivity contribution in [1.29, 1.82) is 0 Å². The number of hydrogen-bond donors (Lipinski definition) is 0. The number of hydrogen-bond acceptors (Lipinski definition) is 1. The summed E-state index contributed by atoms with van der Waals surface area (Å²) in [6.45, 7) is 2.87. The van der Waals surface area contributed by atoms with Gasteiger partial charge in [0.2, 0.25) is 0 Å². The second-order valence-electron chi connectivity index (χ2n) is 1.81. The van der Waals surface area contributed by atoms with Gasteiger partial charge in [0.15, 0.2) is 0 Å². The van der Waals surface area contributed by atoms with E-state index in [9.17, 15) is 0 Å². The van der Waals surface area contributed by atoms with Crippen LogP contribution in [-0.4, -0.2) is 6.61 Å². The molecule has 1 aliphatic heterocycles. The maximum absolute atomic E-state index is 5.00. The van der Waals surface area contributed by atoms with Crippen LogP contribution in [-0.2, 0) is 4.74 Å². The van der Waals surface area contributed by atoms with Gasteiger partial charge in [-0.15, -0.1) is 0 Å². The predicted octanol–water partition coefficient (Wildman–Crippen LogP) is 1.87. The standard InChI is InChI=1S/C7H10O/c1-2-3-7-4-5-8-6-7/h2-3,6H,4-5H2,1H3. The first kappa shape index (κ1) is 5.42. The third-order valence-corrected chi connectivity index (χ3v) is 1.12. The Kier molecular flexibility index (Phi) is 1.73. The zero-order valence-corrected chi connectivity index (χ0v) is 5.05. The summed E-state index contributed by atoms with van der Waals surface area (Å²) in [5.74, 6) is 0. The highest BCUT2D eigenvalue weighted by molar-refractivity contribution is 5.17. The minimum absolute atomic E-state index is 0.861. The summed E-state index contributed by atoms with van der Waals surface area (Å²) in [6, 6.07) is 0. The van der Waals surface area contributed by atoms with Gasteiger partial charge in [-0.1, -0.05) is 12.2 Å². The Hall–Kier alpha value is -0.720. The van der Waals surface area contributed by atoms with E-state index >= 15 is 0 Å². The molecule has 1 heterocycles. The van der Waals surface area contributed by atoms with E-state index in [0.29, 0.717) is 0 Å². The third kappa shape index (κ3) is 1.12. The van der Waals surface area contributed by atoms with Crippen LogP contribution >= 0.6 is 0 Å². The fourth-order valence-electron chi connectivity index (χ4n) is 0.738. The lowest BCUT2D eigenvalue weighted by atomic mass is 10.2. The van der Waals surface area contributed by atoms with Crippen molar-refractivity contribution >= 4 is 0 Å². The quantitative estimate of drug-likeness (QED) is 0.500. The highest BCUT2D eigenvalue weighted by atomic mass is 16.5. The number of rotatable bonds is 1. The monoisotopic (exact) mass is 110 g/mol. The normalized spacial score (nSPS) is 18.9. The molecule has 0 aromatic heterocycles. The Balaban J connectivity index is 2.45. The van der Waals surface area contributed by atoms with Gasteiger partial charge in [-0.3, -0.25) is 0 Å². The molecule has 0 amide bonds. The van der Waals surface area contributed by atoms with Crippen molar-refractivity contribution in [2.24, 2.45) is 0 Å². The van der Waals surface area contributed by atoms with Gasteiger partial charge < -0.3 is 4.74 Å². The Labute approximate surface area is 49.7 Å². The fourth-order valence-corrected chi connectivity index (χ4v) is 0.738. The number of ether oxygens (including phenoxy) is 1. The molecule has 0 spiro atoms. The SMILES string of the molecule is CC=CC1=COCC1. The van der Waals surface area contributed by atoms with Gasteiger partial charge in [0, 0.05) is 6.42 Å². The molecule has 0 aromatic rings. The largest absolute Gasteiger partial charge is 0.501 e. The van der Waals surface area contributed by atoms with Crippen LogP contribution in [0.2, 0.25) is 0 Å².